The van der Waals surface area contributed by atoms with Gasteiger partial charge in [-0.25, -0.2) is 4.39 Å². The average Bonchev–Trinajstić information content (AvgIpc) is 3.33. The first-order valence-corrected chi connectivity index (χ1v) is 9.47. The summed E-state index contributed by atoms with van der Waals surface area (Å²) in [5.74, 6) is -0.128. The normalized spacial score (nSPS) is 16.7. The summed E-state index contributed by atoms with van der Waals surface area (Å²) >= 11 is 0. The van der Waals surface area contributed by atoms with Crippen molar-refractivity contribution in [3.05, 3.63) is 89.5 Å². The van der Waals surface area contributed by atoms with Crippen molar-refractivity contribution in [2.24, 2.45) is 0 Å². The molecule has 5 nitrogen and oxygen atoms in total. The van der Waals surface area contributed by atoms with Crippen LogP contribution in [0, 0.1) is 5.82 Å². The monoisotopic (exact) mass is 378 g/mol. The summed E-state index contributed by atoms with van der Waals surface area (Å²) in [5.41, 5.74) is 3.37. The molecule has 0 bridgehead atoms. The number of aromatic nitrogens is 2. The molecule has 0 aliphatic carbocycles. The van der Waals surface area contributed by atoms with Crippen LogP contribution < -0.4 is 5.32 Å². The summed E-state index contributed by atoms with van der Waals surface area (Å²) in [6.07, 6.45) is 4.22. The molecule has 1 amide bonds. The number of rotatable bonds is 7. The smallest absolute Gasteiger partial charge is 0.224 e. The van der Waals surface area contributed by atoms with Crippen LogP contribution in [0.2, 0.25) is 0 Å². The summed E-state index contributed by atoms with van der Waals surface area (Å²) in [7, 11) is 0. The maximum absolute atomic E-state index is 13.1. The molecule has 0 spiro atoms. The highest BCUT2D eigenvalue weighted by Gasteiger charge is 2.29. The van der Waals surface area contributed by atoms with Gasteiger partial charge >= 0.3 is 0 Å². The van der Waals surface area contributed by atoms with E-state index in [4.69, 9.17) is 0 Å². The quantitative estimate of drug-likeness (QED) is 0.688. The Balaban J connectivity index is 1.34. The van der Waals surface area contributed by atoms with Gasteiger partial charge in [-0.3, -0.25) is 9.48 Å². The van der Waals surface area contributed by atoms with Gasteiger partial charge in [-0.1, -0.05) is 36.4 Å². The third kappa shape index (κ3) is 4.46. The highest BCUT2D eigenvalue weighted by molar-refractivity contribution is 5.79. The number of amides is 1. The Morgan fingerprint density at radius 2 is 1.82 bits per heavy atom. The third-order valence-electron chi connectivity index (χ3n) is 5.09. The largest absolute Gasteiger partial charge is 0.337 e. The minimum Gasteiger partial charge on any atom is -0.337 e. The Morgan fingerprint density at radius 3 is 2.57 bits per heavy atom. The molecule has 144 valence electrons. The lowest BCUT2D eigenvalue weighted by atomic mass is 10.1. The maximum atomic E-state index is 13.1. The van der Waals surface area contributed by atoms with Crippen LogP contribution in [0.5, 0.6) is 0 Å². The molecule has 1 N–H and O–H groups in total. The van der Waals surface area contributed by atoms with Gasteiger partial charge in [-0.05, 0) is 34.9 Å². The van der Waals surface area contributed by atoms with Crippen molar-refractivity contribution in [2.45, 2.75) is 32.1 Å². The van der Waals surface area contributed by atoms with Crippen LogP contribution >= 0.6 is 0 Å². The molecule has 1 aliphatic heterocycles. The molecule has 1 fully saturated rings. The zero-order valence-corrected chi connectivity index (χ0v) is 15.6. The van der Waals surface area contributed by atoms with E-state index in [1.807, 2.05) is 34.0 Å². The number of benzene rings is 2. The lowest BCUT2D eigenvalue weighted by Gasteiger charge is -2.18. The second kappa shape index (κ2) is 8.35. The average molecular weight is 378 g/mol. The first-order chi connectivity index (χ1) is 13.7. The van der Waals surface area contributed by atoms with Gasteiger partial charge < -0.3 is 10.2 Å². The zero-order chi connectivity index (χ0) is 19.3. The van der Waals surface area contributed by atoms with E-state index in [0.29, 0.717) is 26.1 Å². The summed E-state index contributed by atoms with van der Waals surface area (Å²) in [6, 6.07) is 16.6. The Labute approximate surface area is 163 Å². The van der Waals surface area contributed by atoms with Gasteiger partial charge in [-0.15, -0.1) is 0 Å². The van der Waals surface area contributed by atoms with Gasteiger partial charge in [0.15, 0.2) is 0 Å². The minimum atomic E-state index is -0.259. The number of carbonyl (C=O) groups excluding carboxylic acids is 1. The fraction of sp³-hybridized carbons (Fsp3) is 0.273. The molecule has 28 heavy (non-hydrogen) atoms. The molecule has 1 aromatic heterocycles. The first kappa shape index (κ1) is 18.4. The predicted octanol–water partition coefficient (Wildman–Crippen LogP) is 2.96. The summed E-state index contributed by atoms with van der Waals surface area (Å²) in [4.78, 5) is 14.2. The van der Waals surface area contributed by atoms with Crippen LogP contribution in [0.4, 0.5) is 4.39 Å². The van der Waals surface area contributed by atoms with Crippen molar-refractivity contribution in [1.82, 2.24) is 20.0 Å². The molecule has 0 saturated carbocycles. The molecule has 6 heteroatoms. The molecule has 0 radical (unpaired) electrons. The topological polar surface area (TPSA) is 50.2 Å². The van der Waals surface area contributed by atoms with Gasteiger partial charge in [-0.2, -0.15) is 5.10 Å². The fourth-order valence-electron chi connectivity index (χ4n) is 3.58. The summed E-state index contributed by atoms with van der Waals surface area (Å²) < 4.78 is 15.0. The van der Waals surface area contributed by atoms with E-state index < -0.39 is 0 Å². The molecule has 2 heterocycles. The highest BCUT2D eigenvalue weighted by Crippen LogP contribution is 2.17. The van der Waals surface area contributed by atoms with Crippen molar-refractivity contribution in [3.63, 3.8) is 0 Å². The van der Waals surface area contributed by atoms with Crippen LogP contribution in [0.1, 0.15) is 23.1 Å². The highest BCUT2D eigenvalue weighted by atomic mass is 19.1. The van der Waals surface area contributed by atoms with Crippen molar-refractivity contribution >= 4 is 5.91 Å². The summed E-state index contributed by atoms with van der Waals surface area (Å²) in [5, 5.41) is 7.80. The Morgan fingerprint density at radius 1 is 1.04 bits per heavy atom. The van der Waals surface area contributed by atoms with Gasteiger partial charge in [0.05, 0.1) is 6.54 Å². The van der Waals surface area contributed by atoms with E-state index in [-0.39, 0.29) is 17.8 Å². The minimum absolute atomic E-state index is 0.116. The van der Waals surface area contributed by atoms with Gasteiger partial charge in [0, 0.05) is 44.5 Å². The van der Waals surface area contributed by atoms with Crippen LogP contribution in [-0.2, 0) is 24.4 Å². The number of hydrogen-bond donors (Lipinski definition) is 1. The summed E-state index contributed by atoms with van der Waals surface area (Å²) in [6.45, 7) is 2.62. The number of hydrogen-bond acceptors (Lipinski definition) is 3. The SMILES string of the molecule is O=C1C[C@@H](NCc2ccccc2Cn2cccn2)CN1Cc1ccc(F)cc1. The second-order valence-electron chi connectivity index (χ2n) is 7.16. The lowest BCUT2D eigenvalue weighted by molar-refractivity contribution is -0.128. The third-order valence-corrected chi connectivity index (χ3v) is 5.09. The van der Waals surface area contributed by atoms with E-state index >= 15 is 0 Å². The molecule has 4 rings (SSSR count). The number of likely N-dealkylation sites (tertiary alicyclic amines) is 1. The number of halogens is 1. The number of nitrogens with zero attached hydrogens (tertiary/aromatic N) is 3. The van der Waals surface area contributed by atoms with Gasteiger partial charge in [0.25, 0.3) is 0 Å². The van der Waals surface area contributed by atoms with E-state index in [1.54, 1.807) is 18.3 Å². The number of carbonyl (C=O) groups is 1. The van der Waals surface area contributed by atoms with Crippen molar-refractivity contribution < 1.29 is 9.18 Å². The van der Waals surface area contributed by atoms with Crippen LogP contribution in [0.3, 0.4) is 0 Å². The Bertz CT molecular complexity index is 924. The van der Waals surface area contributed by atoms with Crippen LogP contribution in [-0.4, -0.2) is 33.2 Å². The van der Waals surface area contributed by atoms with Crippen molar-refractivity contribution in [1.29, 1.82) is 0 Å². The van der Waals surface area contributed by atoms with Crippen LogP contribution in [0.15, 0.2) is 67.0 Å². The van der Waals surface area contributed by atoms with Gasteiger partial charge in [0.1, 0.15) is 5.82 Å². The number of nitrogens with one attached hydrogen (secondary N) is 1. The molecule has 1 atom stereocenters. The fourth-order valence-corrected chi connectivity index (χ4v) is 3.58. The van der Waals surface area contributed by atoms with E-state index in [9.17, 15) is 9.18 Å². The molecule has 0 unspecified atom stereocenters. The van der Waals surface area contributed by atoms with E-state index in [1.165, 1.54) is 23.3 Å². The molecular weight excluding hydrogens is 355 g/mol. The molecule has 3 aromatic rings. The van der Waals surface area contributed by atoms with E-state index in [0.717, 1.165) is 12.1 Å². The first-order valence-electron chi connectivity index (χ1n) is 9.47. The Kier molecular flexibility index (Phi) is 5.48. The van der Waals surface area contributed by atoms with Gasteiger partial charge in [0.2, 0.25) is 5.91 Å². The Hall–Kier alpha value is -2.99. The lowest BCUT2D eigenvalue weighted by Crippen LogP contribution is -2.32. The van der Waals surface area contributed by atoms with Crippen LogP contribution in [0.25, 0.3) is 0 Å². The van der Waals surface area contributed by atoms with E-state index in [2.05, 4.69) is 22.5 Å². The zero-order valence-electron chi connectivity index (χ0n) is 15.6. The molecule has 2 aromatic carbocycles. The standard InChI is InChI=1S/C22H23FN4O/c23-20-8-6-17(7-9-20)14-26-16-21(12-22(26)28)24-13-18-4-1-2-5-19(18)15-27-11-3-10-25-27/h1-11,21,24H,12-16H2/t21-/m1/s1. The van der Waals surface area contributed by atoms with Crippen molar-refractivity contribution in [2.75, 3.05) is 6.54 Å². The predicted molar refractivity (Wildman–Crippen MR) is 105 cm³/mol. The maximum Gasteiger partial charge on any atom is 0.224 e. The molecule has 1 saturated heterocycles. The molecule has 1 aliphatic rings. The molecular formula is C22H23FN4O. The second-order valence-corrected chi connectivity index (χ2v) is 7.16. The van der Waals surface area contributed by atoms with Crippen molar-refractivity contribution in [3.8, 4) is 0 Å².